The molecule has 2 aromatic heterocycles. The third-order valence-corrected chi connectivity index (χ3v) is 25.6. The number of carbonyl (C=O) groups excluding carboxylic acids is 1. The summed E-state index contributed by atoms with van der Waals surface area (Å²) >= 11 is 0. The summed E-state index contributed by atoms with van der Waals surface area (Å²) in [6.07, 6.45) is 5.70. The van der Waals surface area contributed by atoms with Crippen LogP contribution in [-0.2, 0) is 51.5 Å². The number of nitrogens with one attached hydrogen (secondary N) is 6. The molecule has 0 amide bonds. The topological polar surface area (TPSA) is 230 Å². The molecule has 4 aliphatic rings. The molecule has 4 unspecified atom stereocenters. The Morgan fingerprint density at radius 3 is 1.21 bits per heavy atom. The van der Waals surface area contributed by atoms with Crippen molar-refractivity contribution in [2.75, 3.05) is 39.4 Å². The van der Waals surface area contributed by atoms with Crippen molar-refractivity contribution in [3.63, 3.8) is 0 Å². The van der Waals surface area contributed by atoms with E-state index in [9.17, 15) is 19.2 Å². The molecule has 10 atom stereocenters. The van der Waals surface area contributed by atoms with Crippen LogP contribution >= 0.6 is 0 Å². The van der Waals surface area contributed by atoms with Crippen molar-refractivity contribution in [1.29, 1.82) is 0 Å². The van der Waals surface area contributed by atoms with E-state index in [0.717, 1.165) is 85.2 Å². The molecule has 550 valence electrons. The van der Waals surface area contributed by atoms with E-state index in [1.165, 1.54) is 43.8 Å². The molecule has 6 aromatic carbocycles. The van der Waals surface area contributed by atoms with Gasteiger partial charge in [-0.15, -0.1) is 0 Å². The number of aryl methyl sites for hydroxylation is 2. The minimum absolute atomic E-state index is 0.00930. The summed E-state index contributed by atoms with van der Waals surface area (Å²) in [5.41, 5.74) is -0.314. The fraction of sp³-hybridized carbons (Fsp3) is 0.458. The van der Waals surface area contributed by atoms with Gasteiger partial charge in [0, 0.05) is 60.5 Å². The standard InChI is InChI=1S/C83H104N8O11Si2/c1-57-53-90(77(94)88-75(57)92)73-51-71(82(101-73,43-47-86-69(67-33-21-23-45-84-67)49-59-25-13-9-14-26-59)55-97-103(63-29-17-11-18-30-63)65-39-35-61(36-40-65)80(3,4)5)99-79(96)100-72-52-74(91-54-58(2)76(93)89-78(91)95)102-83(72,44-48-87-70(68-34-22-24-46-85-68)50-60-27-15-10-16-28-60)56-98-104(64-31-19-12-20-32-64)66-41-37-62(38-42-66)81(6,7)8/h9-20,25-32,35-42,53-54,67-74,84-87H,21-24,33-34,43-52,55-56H2,1-8H3,(H,88,92,94)(H,89,93,95)/t67?,68?,69?,70?,71-,72-,73+,74+,82+,83+/m0/s1. The van der Waals surface area contributed by atoms with Crippen LogP contribution in [0.25, 0.3) is 0 Å². The number of H-pyrrole nitrogens is 2. The molecule has 21 heteroatoms. The maximum atomic E-state index is 16.0. The maximum Gasteiger partial charge on any atom is 0.509 e. The van der Waals surface area contributed by atoms with Gasteiger partial charge < -0.3 is 49.1 Å². The predicted octanol–water partition coefficient (Wildman–Crippen LogP) is 8.62. The first-order valence-corrected chi connectivity index (χ1v) is 40.1. The summed E-state index contributed by atoms with van der Waals surface area (Å²) < 4.78 is 46.5. The smallest absolute Gasteiger partial charge is 0.428 e. The van der Waals surface area contributed by atoms with Crippen LogP contribution in [0.5, 0.6) is 0 Å². The second-order valence-corrected chi connectivity index (χ2v) is 35.1. The second kappa shape index (κ2) is 34.1. The van der Waals surface area contributed by atoms with Gasteiger partial charge in [0.25, 0.3) is 29.2 Å². The SMILES string of the molecule is Cc1cn([C@H]2C[C@H](OC(=O)O[C@H]3C[C@H](n4cc(C)c(=O)[nH]c4=O)O[C@]3(CCNC(Cc3ccccc3)C3CCCCN3)CO[Si](c3ccccc3)c3ccc(C(C)(C)C)cc3)[C@@](CCNC(Cc3ccccc3)C3CCCCN3)(CO[Si](c3ccccc3)c3ccc(C(C)(C)C)cc3)O2)c(=O)[nH]c1=O. The third-order valence-electron chi connectivity index (χ3n) is 21.3. The summed E-state index contributed by atoms with van der Waals surface area (Å²) in [5, 5.41) is 19.5. The van der Waals surface area contributed by atoms with Crippen molar-refractivity contribution >= 4 is 45.0 Å². The lowest BCUT2D eigenvalue weighted by atomic mass is 9.87. The van der Waals surface area contributed by atoms with Crippen molar-refractivity contribution < 1.29 is 32.6 Å². The number of piperidine rings is 2. The molecule has 4 aliphatic heterocycles. The van der Waals surface area contributed by atoms with Crippen molar-refractivity contribution in [3.8, 4) is 0 Å². The van der Waals surface area contributed by atoms with Gasteiger partial charge in [-0.3, -0.25) is 28.7 Å². The Hall–Kier alpha value is -7.94. The van der Waals surface area contributed by atoms with E-state index in [4.69, 9.17) is 27.8 Å². The van der Waals surface area contributed by atoms with Crippen molar-refractivity contribution in [3.05, 3.63) is 257 Å². The van der Waals surface area contributed by atoms with E-state index in [-0.39, 0.29) is 85.0 Å². The predicted molar refractivity (Wildman–Crippen MR) is 412 cm³/mol. The summed E-state index contributed by atoms with van der Waals surface area (Å²) in [5.74, 6) is 0. The van der Waals surface area contributed by atoms with Gasteiger partial charge in [-0.25, -0.2) is 14.4 Å². The van der Waals surface area contributed by atoms with Gasteiger partial charge in [0.15, 0.2) is 0 Å². The maximum absolute atomic E-state index is 16.0. The summed E-state index contributed by atoms with van der Waals surface area (Å²) in [6, 6.07) is 58.7. The van der Waals surface area contributed by atoms with E-state index in [1.807, 2.05) is 48.5 Å². The number of hydrogen-bond donors (Lipinski definition) is 6. The Kier molecular flexibility index (Phi) is 24.8. The molecule has 6 N–H and O–H groups in total. The highest BCUT2D eigenvalue weighted by atomic mass is 28.3. The molecular formula is C83H104N8O11Si2. The van der Waals surface area contributed by atoms with Gasteiger partial charge in [-0.2, -0.15) is 0 Å². The van der Waals surface area contributed by atoms with Crippen molar-refractivity contribution in [2.45, 2.75) is 203 Å². The van der Waals surface area contributed by atoms with Crippen LogP contribution in [0, 0.1) is 13.8 Å². The van der Waals surface area contributed by atoms with Crippen LogP contribution < -0.4 is 64.5 Å². The molecule has 6 heterocycles. The Morgan fingerprint density at radius 2 is 0.865 bits per heavy atom. The largest absolute Gasteiger partial charge is 0.509 e. The normalized spacial score (nSPS) is 22.9. The first-order chi connectivity index (χ1) is 50.1. The van der Waals surface area contributed by atoms with Crippen LogP contribution in [0.2, 0.25) is 0 Å². The number of ether oxygens (including phenoxy) is 4. The number of nitrogens with zero attached hydrogens (tertiary/aromatic N) is 2. The van der Waals surface area contributed by atoms with Crippen molar-refractivity contribution in [2.24, 2.45) is 0 Å². The van der Waals surface area contributed by atoms with E-state index in [2.05, 4.69) is 194 Å². The average molecular weight is 1450 g/mol. The highest BCUT2D eigenvalue weighted by Crippen LogP contribution is 2.44. The zero-order chi connectivity index (χ0) is 73.0. The number of hydrogen-bond acceptors (Lipinski definition) is 15. The number of rotatable bonds is 28. The molecule has 0 spiro atoms. The van der Waals surface area contributed by atoms with Gasteiger partial charge in [-0.05, 0) is 145 Å². The van der Waals surface area contributed by atoms with Crippen molar-refractivity contribution in [1.82, 2.24) is 40.4 Å². The lowest BCUT2D eigenvalue weighted by Gasteiger charge is -2.38. The lowest BCUT2D eigenvalue weighted by Crippen LogP contribution is -2.56. The number of aromatic nitrogens is 4. The van der Waals surface area contributed by atoms with Gasteiger partial charge in [0.1, 0.15) is 35.9 Å². The first-order valence-electron chi connectivity index (χ1n) is 37.3. The number of benzene rings is 6. The summed E-state index contributed by atoms with van der Waals surface area (Å²) in [7, 11) is -4.20. The molecule has 19 nitrogen and oxygen atoms in total. The monoisotopic (exact) mass is 1440 g/mol. The van der Waals surface area contributed by atoms with Gasteiger partial charge >= 0.3 is 17.5 Å². The molecule has 4 saturated heterocycles. The average Bonchev–Trinajstić information content (AvgIpc) is 1.61. The van der Waals surface area contributed by atoms with Crippen LogP contribution in [0.3, 0.4) is 0 Å². The molecule has 0 saturated carbocycles. The first kappa shape index (κ1) is 75.7. The molecular weight excluding hydrogens is 1340 g/mol. The number of carbonyl (C=O) groups is 1. The molecule has 12 rings (SSSR count). The Labute approximate surface area is 614 Å². The van der Waals surface area contributed by atoms with Gasteiger partial charge in [0.2, 0.25) is 0 Å². The second-order valence-electron chi connectivity index (χ2n) is 30.9. The highest BCUT2D eigenvalue weighted by Gasteiger charge is 2.56. The number of aromatic amines is 2. The fourth-order valence-corrected chi connectivity index (χ4v) is 19.3. The van der Waals surface area contributed by atoms with Gasteiger partial charge in [0.05, 0.1) is 13.2 Å². The summed E-state index contributed by atoms with van der Waals surface area (Å²) in [4.78, 5) is 75.8. The fourth-order valence-electron chi connectivity index (χ4n) is 15.2. The molecule has 0 bridgehead atoms. The molecule has 0 aliphatic carbocycles. The van der Waals surface area contributed by atoms with Crippen LogP contribution in [-0.4, -0.2) is 130 Å². The summed E-state index contributed by atoms with van der Waals surface area (Å²) in [6.45, 7) is 18.8. The van der Waals surface area contributed by atoms with Gasteiger partial charge in [-0.1, -0.05) is 224 Å². The molecule has 4 fully saturated rings. The molecule has 8 aromatic rings. The lowest BCUT2D eigenvalue weighted by molar-refractivity contribution is -0.149. The minimum atomic E-state index is -2.10. The molecule has 104 heavy (non-hydrogen) atoms. The zero-order valence-electron chi connectivity index (χ0n) is 61.6. The Balaban J connectivity index is 0.949. The van der Waals surface area contributed by atoms with E-state index in [0.29, 0.717) is 13.1 Å². The quantitative estimate of drug-likeness (QED) is 0.0199. The van der Waals surface area contributed by atoms with E-state index >= 15 is 4.79 Å². The van der Waals surface area contributed by atoms with E-state index < -0.39 is 82.6 Å². The van der Waals surface area contributed by atoms with Crippen LogP contribution in [0.4, 0.5) is 4.79 Å². The highest BCUT2D eigenvalue weighted by molar-refractivity contribution is 6.80. The van der Waals surface area contributed by atoms with E-state index in [1.54, 1.807) is 13.8 Å². The van der Waals surface area contributed by atoms with Crippen LogP contribution in [0.15, 0.2) is 201 Å². The van der Waals surface area contributed by atoms with Crippen LogP contribution in [0.1, 0.15) is 152 Å². The molecule has 2 radical (unpaired) electrons. The third kappa shape index (κ3) is 18.8. The Bertz CT molecular complexity index is 4060. The minimum Gasteiger partial charge on any atom is -0.428 e. The Morgan fingerprint density at radius 1 is 0.510 bits per heavy atom. The zero-order valence-corrected chi connectivity index (χ0v) is 63.6.